The average Bonchev–Trinajstić information content (AvgIpc) is 2.24. The van der Waals surface area contributed by atoms with Crippen molar-refractivity contribution in [2.75, 3.05) is 12.3 Å². The molecule has 0 aromatic carbocycles. The number of carbonyl (C=O) groups is 1. The third-order valence-corrected chi connectivity index (χ3v) is 2.30. The summed E-state index contributed by atoms with van der Waals surface area (Å²) in [5.74, 6) is -0.914. The van der Waals surface area contributed by atoms with Crippen LogP contribution in [0.5, 0.6) is 0 Å². The van der Waals surface area contributed by atoms with Crippen molar-refractivity contribution in [2.45, 2.75) is 5.51 Å². The summed E-state index contributed by atoms with van der Waals surface area (Å²) in [6.45, 7) is -0.135. The van der Waals surface area contributed by atoms with Gasteiger partial charge in [0.15, 0.2) is 0 Å². The molecule has 1 heterocycles. The van der Waals surface area contributed by atoms with Gasteiger partial charge in [0.25, 0.3) is 11.5 Å². The summed E-state index contributed by atoms with van der Waals surface area (Å²) in [5.41, 5.74) is -4.82. The van der Waals surface area contributed by atoms with Gasteiger partial charge in [-0.25, -0.2) is 5.10 Å². The molecule has 1 amide bonds. The highest BCUT2D eigenvalue weighted by atomic mass is 32.2. The number of hydrogen-bond donors (Lipinski definition) is 2. The Kier molecular flexibility index (Phi) is 4.55. The van der Waals surface area contributed by atoms with E-state index in [2.05, 4.69) is 10.4 Å². The number of aromatic amines is 1. The van der Waals surface area contributed by atoms with Gasteiger partial charge in [-0.3, -0.25) is 9.59 Å². The van der Waals surface area contributed by atoms with E-state index >= 15 is 0 Å². The highest BCUT2D eigenvalue weighted by Crippen LogP contribution is 2.29. The smallest absolute Gasteiger partial charge is 0.350 e. The average molecular weight is 267 g/mol. The van der Waals surface area contributed by atoms with Crippen LogP contribution in [0.4, 0.5) is 13.2 Å². The molecule has 0 saturated carbocycles. The molecule has 1 aromatic rings. The highest BCUT2D eigenvalue weighted by Gasteiger charge is 2.27. The topological polar surface area (TPSA) is 74.8 Å². The minimum atomic E-state index is -4.30. The number of rotatable bonds is 4. The van der Waals surface area contributed by atoms with E-state index in [9.17, 15) is 22.8 Å². The molecule has 0 radical (unpaired) electrons. The van der Waals surface area contributed by atoms with Crippen LogP contribution in [0.3, 0.4) is 0 Å². The van der Waals surface area contributed by atoms with Crippen LogP contribution >= 0.6 is 11.8 Å². The lowest BCUT2D eigenvalue weighted by Crippen LogP contribution is -2.28. The van der Waals surface area contributed by atoms with E-state index in [1.165, 1.54) is 6.07 Å². The predicted octanol–water partition coefficient (Wildman–Crippen LogP) is 0.753. The Morgan fingerprint density at radius 1 is 1.47 bits per heavy atom. The van der Waals surface area contributed by atoms with Gasteiger partial charge in [0.05, 0.1) is 0 Å². The van der Waals surface area contributed by atoms with E-state index in [-0.39, 0.29) is 29.8 Å². The monoisotopic (exact) mass is 267 g/mol. The minimum Gasteiger partial charge on any atom is -0.350 e. The van der Waals surface area contributed by atoms with Crippen molar-refractivity contribution in [3.63, 3.8) is 0 Å². The Morgan fingerprint density at radius 2 is 2.18 bits per heavy atom. The van der Waals surface area contributed by atoms with Crippen molar-refractivity contribution >= 4 is 17.7 Å². The SMILES string of the molecule is O=C(NCCSC(F)(F)F)c1ccc(=O)[nH]n1. The molecule has 1 rings (SSSR count). The van der Waals surface area contributed by atoms with Crippen LogP contribution in [0.25, 0.3) is 0 Å². The Bertz CT molecular complexity index is 426. The lowest BCUT2D eigenvalue weighted by molar-refractivity contribution is -0.0327. The van der Waals surface area contributed by atoms with Crippen molar-refractivity contribution in [3.05, 3.63) is 28.2 Å². The van der Waals surface area contributed by atoms with Crippen LogP contribution in [0.1, 0.15) is 10.5 Å². The first-order chi connectivity index (χ1) is 7.88. The zero-order chi connectivity index (χ0) is 12.9. The molecule has 94 valence electrons. The van der Waals surface area contributed by atoms with Crippen LogP contribution in [-0.4, -0.2) is 33.9 Å². The summed E-state index contributed by atoms with van der Waals surface area (Å²) in [7, 11) is 0. The molecule has 0 saturated heterocycles. The summed E-state index contributed by atoms with van der Waals surface area (Å²) in [4.78, 5) is 21.9. The molecule has 0 bridgehead atoms. The number of amides is 1. The fourth-order valence-corrected chi connectivity index (χ4v) is 1.33. The van der Waals surface area contributed by atoms with Crippen molar-refractivity contribution < 1.29 is 18.0 Å². The van der Waals surface area contributed by atoms with E-state index in [4.69, 9.17) is 0 Å². The molecular formula is C8H8F3N3O2S. The summed E-state index contributed by atoms with van der Waals surface area (Å²) >= 11 is -0.220. The number of thioether (sulfide) groups is 1. The van der Waals surface area contributed by atoms with Crippen LogP contribution in [0, 0.1) is 0 Å². The maximum absolute atomic E-state index is 11.7. The number of nitrogens with zero attached hydrogens (tertiary/aromatic N) is 1. The first-order valence-electron chi connectivity index (χ1n) is 4.43. The molecule has 0 unspecified atom stereocenters. The largest absolute Gasteiger partial charge is 0.441 e. The van der Waals surface area contributed by atoms with Crippen LogP contribution in [-0.2, 0) is 0 Å². The van der Waals surface area contributed by atoms with Gasteiger partial charge < -0.3 is 5.32 Å². The van der Waals surface area contributed by atoms with E-state index in [1.807, 2.05) is 5.10 Å². The van der Waals surface area contributed by atoms with Crippen molar-refractivity contribution in [1.29, 1.82) is 0 Å². The van der Waals surface area contributed by atoms with Crippen LogP contribution in [0.2, 0.25) is 0 Å². The third-order valence-electron chi connectivity index (χ3n) is 1.57. The molecule has 2 N–H and O–H groups in total. The van der Waals surface area contributed by atoms with E-state index in [0.717, 1.165) is 6.07 Å². The van der Waals surface area contributed by atoms with Gasteiger partial charge in [0.1, 0.15) is 5.69 Å². The zero-order valence-corrected chi connectivity index (χ0v) is 9.19. The second kappa shape index (κ2) is 5.71. The molecule has 0 aliphatic heterocycles. The van der Waals surface area contributed by atoms with Crippen molar-refractivity contribution in [3.8, 4) is 0 Å². The van der Waals surface area contributed by atoms with E-state index < -0.39 is 17.0 Å². The molecule has 0 spiro atoms. The number of H-pyrrole nitrogens is 1. The molecule has 1 aromatic heterocycles. The van der Waals surface area contributed by atoms with Crippen molar-refractivity contribution in [1.82, 2.24) is 15.5 Å². The van der Waals surface area contributed by atoms with Gasteiger partial charge in [0, 0.05) is 18.4 Å². The maximum Gasteiger partial charge on any atom is 0.441 e. The Hall–Kier alpha value is -1.51. The standard InChI is InChI=1S/C8H8F3N3O2S/c9-8(10,11)17-4-3-12-7(16)5-1-2-6(15)14-13-5/h1-2H,3-4H2,(H,12,16)(H,14,15). The predicted molar refractivity (Wildman–Crippen MR) is 55.7 cm³/mol. The third kappa shape index (κ3) is 5.38. The molecule has 0 aliphatic carbocycles. The van der Waals surface area contributed by atoms with Gasteiger partial charge in [-0.1, -0.05) is 0 Å². The fraction of sp³-hybridized carbons (Fsp3) is 0.375. The fourth-order valence-electron chi connectivity index (χ4n) is 0.893. The second-order valence-electron chi connectivity index (χ2n) is 2.86. The van der Waals surface area contributed by atoms with Gasteiger partial charge in [0.2, 0.25) is 0 Å². The Balaban J connectivity index is 2.35. The second-order valence-corrected chi connectivity index (χ2v) is 4.02. The van der Waals surface area contributed by atoms with E-state index in [1.54, 1.807) is 0 Å². The zero-order valence-electron chi connectivity index (χ0n) is 8.37. The summed E-state index contributed by atoms with van der Waals surface area (Å²) in [5, 5.41) is 7.72. The highest BCUT2D eigenvalue weighted by molar-refractivity contribution is 8.00. The first-order valence-corrected chi connectivity index (χ1v) is 5.42. The van der Waals surface area contributed by atoms with E-state index in [0.29, 0.717) is 0 Å². The summed E-state index contributed by atoms with van der Waals surface area (Å²) < 4.78 is 35.2. The van der Waals surface area contributed by atoms with Gasteiger partial charge >= 0.3 is 5.51 Å². The molecular weight excluding hydrogens is 259 g/mol. The molecule has 0 aliphatic rings. The quantitative estimate of drug-likeness (QED) is 0.789. The van der Waals surface area contributed by atoms with Gasteiger partial charge in [-0.05, 0) is 17.8 Å². The number of hydrogen-bond acceptors (Lipinski definition) is 4. The molecule has 0 atom stereocenters. The minimum absolute atomic E-state index is 0.0541. The Labute approximate surface area is 97.8 Å². The van der Waals surface area contributed by atoms with Gasteiger partial charge in [-0.15, -0.1) is 0 Å². The number of halogens is 3. The number of alkyl halides is 3. The number of nitrogens with one attached hydrogen (secondary N) is 2. The lowest BCUT2D eigenvalue weighted by atomic mass is 10.4. The Morgan fingerprint density at radius 3 is 2.71 bits per heavy atom. The normalized spacial score (nSPS) is 11.2. The van der Waals surface area contributed by atoms with Crippen LogP contribution < -0.4 is 10.9 Å². The molecule has 5 nitrogen and oxygen atoms in total. The maximum atomic E-state index is 11.7. The summed E-state index contributed by atoms with van der Waals surface area (Å²) in [6.07, 6.45) is 0. The van der Waals surface area contributed by atoms with Gasteiger partial charge in [-0.2, -0.15) is 18.3 Å². The van der Waals surface area contributed by atoms with Crippen LogP contribution in [0.15, 0.2) is 16.9 Å². The molecule has 9 heteroatoms. The first kappa shape index (κ1) is 13.6. The van der Waals surface area contributed by atoms with Crippen molar-refractivity contribution in [2.24, 2.45) is 0 Å². The molecule has 0 fully saturated rings. The number of aromatic nitrogens is 2. The molecule has 17 heavy (non-hydrogen) atoms. The number of carbonyl (C=O) groups excluding carboxylic acids is 1. The lowest BCUT2D eigenvalue weighted by Gasteiger charge is -2.06. The summed E-state index contributed by atoms with van der Waals surface area (Å²) in [6, 6.07) is 2.29.